The van der Waals surface area contributed by atoms with Crippen LogP contribution >= 0.6 is 9.24 Å². The molecular weight excluding hydrogens is 409 g/mol. The Hall–Kier alpha value is -3.22. The maximum Gasteiger partial charge on any atom is 0.268 e. The van der Waals surface area contributed by atoms with E-state index in [1.54, 1.807) is 24.4 Å². The molecule has 0 aliphatic rings. The van der Waals surface area contributed by atoms with Crippen LogP contribution in [-0.4, -0.2) is 17.3 Å². The molecule has 1 aromatic heterocycles. The number of amides is 2. The van der Waals surface area contributed by atoms with Gasteiger partial charge in [0, 0.05) is 11.8 Å². The zero-order chi connectivity index (χ0) is 21.7. The van der Waals surface area contributed by atoms with E-state index in [0.29, 0.717) is 34.1 Å². The third-order valence-electron chi connectivity index (χ3n) is 4.51. The summed E-state index contributed by atoms with van der Waals surface area (Å²) in [5.74, 6) is 3.25. The molecule has 0 saturated heterocycles. The van der Waals surface area contributed by atoms with Gasteiger partial charge in [0.1, 0.15) is 11.6 Å². The number of rotatable bonds is 7. The Bertz CT molecular complexity index is 1070. The van der Waals surface area contributed by atoms with Gasteiger partial charge < -0.3 is 5.32 Å². The Morgan fingerprint density at radius 1 is 1.20 bits per heavy atom. The van der Waals surface area contributed by atoms with Crippen LogP contribution in [0.3, 0.4) is 0 Å². The third-order valence-corrected chi connectivity index (χ3v) is 4.84. The molecule has 2 aromatic carbocycles. The van der Waals surface area contributed by atoms with E-state index in [4.69, 9.17) is 5.84 Å². The normalized spacial score (nSPS) is 11.6. The van der Waals surface area contributed by atoms with Crippen molar-refractivity contribution in [1.82, 2.24) is 15.7 Å². The Morgan fingerprint density at radius 2 is 2.00 bits per heavy atom. The number of benzene rings is 2. The standard InChI is InChI=1S/C21H19F2N4O2P/c22-14-6-12(7-15(30)10-14)8-19(26-11-28)20-16(2-1-5-25-20)13-3-4-18(23)17(9-13)21(29)27-24/h1-7,9-11,19H,8,24,30H2,(H,26,28)(H,27,29). The lowest BCUT2D eigenvalue weighted by molar-refractivity contribution is -0.110. The van der Waals surface area contributed by atoms with Crippen LogP contribution in [0.5, 0.6) is 0 Å². The Labute approximate surface area is 174 Å². The smallest absolute Gasteiger partial charge is 0.268 e. The van der Waals surface area contributed by atoms with Gasteiger partial charge in [0.15, 0.2) is 0 Å². The van der Waals surface area contributed by atoms with Gasteiger partial charge in [0.25, 0.3) is 5.91 Å². The van der Waals surface area contributed by atoms with Crippen molar-refractivity contribution in [3.05, 3.63) is 83.2 Å². The van der Waals surface area contributed by atoms with Crippen LogP contribution in [0.4, 0.5) is 8.78 Å². The predicted molar refractivity (Wildman–Crippen MR) is 113 cm³/mol. The monoisotopic (exact) mass is 428 g/mol. The van der Waals surface area contributed by atoms with Gasteiger partial charge in [-0.3, -0.25) is 20.0 Å². The number of nitrogens with one attached hydrogen (secondary N) is 2. The molecule has 0 radical (unpaired) electrons. The third kappa shape index (κ3) is 4.84. The first-order valence-corrected chi connectivity index (χ1v) is 9.51. The van der Waals surface area contributed by atoms with Crippen LogP contribution in [0.15, 0.2) is 54.7 Å². The van der Waals surface area contributed by atoms with Crippen molar-refractivity contribution >= 4 is 26.9 Å². The van der Waals surface area contributed by atoms with Crippen molar-refractivity contribution in [3.63, 3.8) is 0 Å². The number of halogens is 2. The van der Waals surface area contributed by atoms with E-state index < -0.39 is 17.8 Å². The summed E-state index contributed by atoms with van der Waals surface area (Å²) in [6.45, 7) is 0. The predicted octanol–water partition coefficient (Wildman–Crippen LogP) is 2.16. The van der Waals surface area contributed by atoms with E-state index in [1.807, 2.05) is 5.43 Å². The average Bonchev–Trinajstić information content (AvgIpc) is 2.72. The second-order valence-corrected chi connectivity index (χ2v) is 7.20. The largest absolute Gasteiger partial charge is 0.350 e. The molecule has 9 heteroatoms. The van der Waals surface area contributed by atoms with E-state index in [0.717, 1.165) is 6.07 Å². The number of hydrogen-bond donors (Lipinski definition) is 3. The lowest BCUT2D eigenvalue weighted by Gasteiger charge is -2.20. The van der Waals surface area contributed by atoms with Crippen LogP contribution in [0.2, 0.25) is 0 Å². The molecule has 3 rings (SSSR count). The molecule has 1 heterocycles. The molecule has 2 atom stereocenters. The Morgan fingerprint density at radius 3 is 2.70 bits per heavy atom. The number of hydrazine groups is 1. The highest BCUT2D eigenvalue weighted by molar-refractivity contribution is 7.27. The molecule has 0 spiro atoms. The second kappa shape index (κ2) is 9.52. The fraction of sp³-hybridized carbons (Fsp3) is 0.0952. The van der Waals surface area contributed by atoms with Gasteiger partial charge in [-0.15, -0.1) is 9.24 Å². The van der Waals surface area contributed by atoms with Crippen molar-refractivity contribution in [3.8, 4) is 11.1 Å². The molecule has 4 N–H and O–H groups in total. The van der Waals surface area contributed by atoms with Gasteiger partial charge in [0.2, 0.25) is 6.41 Å². The fourth-order valence-corrected chi connectivity index (χ4v) is 3.60. The van der Waals surface area contributed by atoms with E-state index in [2.05, 4.69) is 19.5 Å². The van der Waals surface area contributed by atoms with Gasteiger partial charge in [-0.2, -0.15) is 0 Å². The molecule has 0 aliphatic carbocycles. The highest BCUT2D eigenvalue weighted by Crippen LogP contribution is 2.30. The van der Waals surface area contributed by atoms with Crippen molar-refractivity contribution in [1.29, 1.82) is 0 Å². The zero-order valence-electron chi connectivity index (χ0n) is 15.7. The molecule has 154 valence electrons. The van der Waals surface area contributed by atoms with E-state index >= 15 is 0 Å². The molecular formula is C21H19F2N4O2P. The van der Waals surface area contributed by atoms with E-state index in [-0.39, 0.29) is 17.8 Å². The lowest BCUT2D eigenvalue weighted by atomic mass is 9.94. The number of nitrogens with two attached hydrogens (primary N) is 1. The van der Waals surface area contributed by atoms with Crippen LogP contribution in [0.25, 0.3) is 11.1 Å². The van der Waals surface area contributed by atoms with Crippen molar-refractivity contribution < 1.29 is 18.4 Å². The highest BCUT2D eigenvalue weighted by Gasteiger charge is 2.20. The molecule has 3 aromatic rings. The minimum atomic E-state index is -0.768. The number of pyridine rings is 1. The highest BCUT2D eigenvalue weighted by atomic mass is 31.0. The quantitative estimate of drug-likeness (QED) is 0.177. The lowest BCUT2D eigenvalue weighted by Crippen LogP contribution is -2.30. The molecule has 6 nitrogen and oxygen atoms in total. The first-order valence-electron chi connectivity index (χ1n) is 8.93. The second-order valence-electron chi connectivity index (χ2n) is 6.54. The van der Waals surface area contributed by atoms with Gasteiger partial charge in [-0.1, -0.05) is 18.2 Å². The number of carbonyl (C=O) groups excluding carboxylic acids is 2. The number of carbonyl (C=O) groups is 2. The van der Waals surface area contributed by atoms with E-state index in [9.17, 15) is 18.4 Å². The maximum atomic E-state index is 14.0. The molecule has 30 heavy (non-hydrogen) atoms. The topological polar surface area (TPSA) is 97.1 Å². The maximum absolute atomic E-state index is 14.0. The zero-order valence-corrected chi connectivity index (χ0v) is 16.9. The summed E-state index contributed by atoms with van der Waals surface area (Å²) < 4.78 is 27.8. The number of aromatic nitrogens is 1. The first-order chi connectivity index (χ1) is 14.4. The van der Waals surface area contributed by atoms with Gasteiger partial charge in [0.05, 0.1) is 17.3 Å². The van der Waals surface area contributed by atoms with Crippen LogP contribution in [-0.2, 0) is 11.2 Å². The summed E-state index contributed by atoms with van der Waals surface area (Å²) in [4.78, 5) is 27.5. The van der Waals surface area contributed by atoms with Crippen molar-refractivity contribution in [2.75, 3.05) is 0 Å². The SMILES string of the molecule is NNC(=O)c1cc(-c2cccnc2C(Cc2cc(F)cc(P)c2)NC=O)ccc1F. The molecule has 0 bridgehead atoms. The molecule has 0 aliphatic heterocycles. The fourth-order valence-electron chi connectivity index (χ4n) is 3.23. The van der Waals surface area contributed by atoms with E-state index in [1.165, 1.54) is 24.3 Å². The molecule has 0 fully saturated rings. The summed E-state index contributed by atoms with van der Waals surface area (Å²) in [6.07, 6.45) is 2.38. The number of hydrogen-bond acceptors (Lipinski definition) is 4. The van der Waals surface area contributed by atoms with Crippen LogP contribution in [0.1, 0.15) is 27.7 Å². The van der Waals surface area contributed by atoms with Gasteiger partial charge in [-0.05, 0) is 53.2 Å². The van der Waals surface area contributed by atoms with Crippen molar-refractivity contribution in [2.24, 2.45) is 5.84 Å². The summed E-state index contributed by atoms with van der Waals surface area (Å²) in [6, 6.07) is 11.4. The van der Waals surface area contributed by atoms with Crippen LogP contribution < -0.4 is 21.9 Å². The molecule has 0 saturated carbocycles. The number of nitrogens with zero attached hydrogens (tertiary/aromatic N) is 1. The summed E-state index contributed by atoms with van der Waals surface area (Å²) in [7, 11) is 2.44. The summed E-state index contributed by atoms with van der Waals surface area (Å²) in [5.41, 5.74) is 3.95. The first kappa shape index (κ1) is 21.5. The van der Waals surface area contributed by atoms with Gasteiger partial charge in [-0.25, -0.2) is 14.6 Å². The van der Waals surface area contributed by atoms with Crippen molar-refractivity contribution in [2.45, 2.75) is 12.5 Å². The van der Waals surface area contributed by atoms with Gasteiger partial charge >= 0.3 is 0 Å². The summed E-state index contributed by atoms with van der Waals surface area (Å²) in [5, 5.41) is 3.38. The Kier molecular flexibility index (Phi) is 6.82. The molecule has 2 unspecified atom stereocenters. The minimum Gasteiger partial charge on any atom is -0.350 e. The Balaban J connectivity index is 2.05. The average molecular weight is 428 g/mol. The number of nitrogen functional groups attached to an aromatic ring is 1. The minimum absolute atomic E-state index is 0.220. The summed E-state index contributed by atoms with van der Waals surface area (Å²) >= 11 is 0. The van der Waals surface area contributed by atoms with Crippen LogP contribution in [0, 0.1) is 11.6 Å². The molecule has 2 amide bonds.